The van der Waals surface area contributed by atoms with Gasteiger partial charge in [-0.1, -0.05) is 30.3 Å². The monoisotopic (exact) mass is 308 g/mol. The molecule has 0 aliphatic heterocycles. The summed E-state index contributed by atoms with van der Waals surface area (Å²) in [6, 6.07) is 11.9. The molecular weight excluding hydrogens is 296 g/mol. The Labute approximate surface area is 113 Å². The van der Waals surface area contributed by atoms with Gasteiger partial charge in [0.15, 0.2) is 0 Å². The highest BCUT2D eigenvalue weighted by Crippen LogP contribution is 2.32. The van der Waals surface area contributed by atoms with Crippen molar-refractivity contribution in [3.05, 3.63) is 40.9 Å². The van der Waals surface area contributed by atoms with Crippen molar-refractivity contribution in [3.8, 4) is 5.75 Å². The van der Waals surface area contributed by atoms with Crippen molar-refractivity contribution in [2.75, 3.05) is 6.61 Å². The molecule has 5 heteroatoms. The zero-order valence-electron chi connectivity index (χ0n) is 9.65. The molecule has 0 bridgehead atoms. The van der Waals surface area contributed by atoms with Crippen LogP contribution in [0.15, 0.2) is 40.9 Å². The summed E-state index contributed by atoms with van der Waals surface area (Å²) < 4.78 is 6.45. The van der Waals surface area contributed by atoms with Crippen LogP contribution < -0.4 is 16.0 Å². The number of benzene rings is 2. The lowest BCUT2D eigenvalue weighted by Gasteiger charge is -2.09. The minimum absolute atomic E-state index is 0.232. The highest BCUT2D eigenvalue weighted by atomic mass is 79.9. The number of fused-ring (bicyclic) bond motifs is 1. The Bertz CT molecular complexity index is 572. The van der Waals surface area contributed by atoms with Crippen molar-refractivity contribution >= 4 is 32.6 Å². The lowest BCUT2D eigenvalue weighted by atomic mass is 10.1. The van der Waals surface area contributed by atoms with E-state index in [4.69, 9.17) is 10.6 Å². The first-order chi connectivity index (χ1) is 8.72. The number of hydrogen-bond acceptors (Lipinski definition) is 3. The molecule has 94 valence electrons. The molecule has 1 amide bonds. The van der Waals surface area contributed by atoms with Gasteiger partial charge in [0.05, 0.1) is 17.5 Å². The van der Waals surface area contributed by atoms with Crippen LogP contribution in [0.5, 0.6) is 5.75 Å². The maximum atomic E-state index is 11.0. The van der Waals surface area contributed by atoms with Crippen LogP contribution in [0.1, 0.15) is 6.42 Å². The topological polar surface area (TPSA) is 64.3 Å². The fourth-order valence-electron chi connectivity index (χ4n) is 1.65. The number of nitrogens with two attached hydrogens (primary N) is 1. The Hall–Kier alpha value is -1.59. The fourth-order valence-corrected chi connectivity index (χ4v) is 2.26. The van der Waals surface area contributed by atoms with Gasteiger partial charge in [0.25, 0.3) is 0 Å². The van der Waals surface area contributed by atoms with Crippen molar-refractivity contribution in [1.29, 1.82) is 0 Å². The van der Waals surface area contributed by atoms with Crippen LogP contribution in [-0.4, -0.2) is 12.5 Å². The maximum absolute atomic E-state index is 11.0. The van der Waals surface area contributed by atoms with E-state index in [1.807, 2.05) is 36.4 Å². The molecule has 2 aromatic carbocycles. The Morgan fingerprint density at radius 1 is 1.28 bits per heavy atom. The Morgan fingerprint density at radius 2 is 2.06 bits per heavy atom. The van der Waals surface area contributed by atoms with Gasteiger partial charge in [-0.15, -0.1) is 0 Å². The van der Waals surface area contributed by atoms with Crippen LogP contribution in [0, 0.1) is 0 Å². The van der Waals surface area contributed by atoms with Gasteiger partial charge in [0, 0.05) is 0 Å². The summed E-state index contributed by atoms with van der Waals surface area (Å²) in [6.07, 6.45) is 0.232. The van der Waals surface area contributed by atoms with Crippen LogP contribution in [0.3, 0.4) is 0 Å². The Morgan fingerprint density at radius 3 is 2.83 bits per heavy atom. The first-order valence-corrected chi connectivity index (χ1v) is 6.31. The third kappa shape index (κ3) is 2.80. The molecule has 18 heavy (non-hydrogen) atoms. The normalized spacial score (nSPS) is 10.3. The van der Waals surface area contributed by atoms with E-state index in [9.17, 15) is 4.79 Å². The fraction of sp³-hybridized carbons (Fsp3) is 0.154. The summed E-state index contributed by atoms with van der Waals surface area (Å²) >= 11 is 3.52. The lowest BCUT2D eigenvalue weighted by molar-refractivity contribution is -0.121. The molecule has 2 aromatic rings. The average molecular weight is 309 g/mol. The summed E-state index contributed by atoms with van der Waals surface area (Å²) in [6.45, 7) is 0.292. The van der Waals surface area contributed by atoms with Crippen LogP contribution in [0.4, 0.5) is 0 Å². The van der Waals surface area contributed by atoms with Crippen LogP contribution in [0.25, 0.3) is 10.8 Å². The van der Waals surface area contributed by atoms with Gasteiger partial charge in [-0.2, -0.15) is 0 Å². The minimum Gasteiger partial charge on any atom is -0.492 e. The largest absolute Gasteiger partial charge is 0.492 e. The molecule has 0 aliphatic carbocycles. The smallest absolute Gasteiger partial charge is 0.237 e. The predicted octanol–water partition coefficient (Wildman–Crippen LogP) is 2.36. The zero-order chi connectivity index (χ0) is 13.0. The Kier molecular flexibility index (Phi) is 4.17. The minimum atomic E-state index is -0.244. The van der Waals surface area contributed by atoms with E-state index in [1.165, 1.54) is 0 Å². The quantitative estimate of drug-likeness (QED) is 0.518. The molecule has 0 aromatic heterocycles. The highest BCUT2D eigenvalue weighted by Gasteiger charge is 2.06. The second kappa shape index (κ2) is 5.84. The van der Waals surface area contributed by atoms with Gasteiger partial charge in [-0.25, -0.2) is 5.84 Å². The summed E-state index contributed by atoms with van der Waals surface area (Å²) in [5, 5.41) is 2.22. The standard InChI is InChI=1S/C13H13BrN2O2/c14-13-10-4-2-1-3-9(10)5-6-11(13)18-8-7-12(17)16-15/h1-6H,7-8,15H2,(H,16,17). The van der Waals surface area contributed by atoms with Crippen molar-refractivity contribution in [2.24, 2.45) is 5.84 Å². The molecule has 0 saturated carbocycles. The summed E-state index contributed by atoms with van der Waals surface area (Å²) in [5.74, 6) is 5.47. The van der Waals surface area contributed by atoms with Crippen LogP contribution >= 0.6 is 15.9 Å². The van der Waals surface area contributed by atoms with Crippen molar-refractivity contribution in [2.45, 2.75) is 6.42 Å². The van der Waals surface area contributed by atoms with Crippen LogP contribution in [0.2, 0.25) is 0 Å². The molecule has 3 N–H and O–H groups in total. The number of carbonyl (C=O) groups excluding carboxylic acids is 1. The van der Waals surface area contributed by atoms with E-state index in [0.717, 1.165) is 21.0 Å². The van der Waals surface area contributed by atoms with E-state index in [0.29, 0.717) is 6.61 Å². The molecule has 0 spiro atoms. The third-order valence-electron chi connectivity index (χ3n) is 2.58. The van der Waals surface area contributed by atoms with Gasteiger partial charge in [-0.05, 0) is 32.8 Å². The summed E-state index contributed by atoms with van der Waals surface area (Å²) in [4.78, 5) is 11.0. The molecule has 0 fully saturated rings. The van der Waals surface area contributed by atoms with Crippen molar-refractivity contribution < 1.29 is 9.53 Å². The van der Waals surface area contributed by atoms with Gasteiger partial charge < -0.3 is 4.74 Å². The number of halogens is 1. The molecule has 0 aliphatic rings. The number of hydrogen-bond donors (Lipinski definition) is 2. The third-order valence-corrected chi connectivity index (χ3v) is 3.39. The first kappa shape index (κ1) is 12.9. The molecule has 0 radical (unpaired) electrons. The number of nitrogens with one attached hydrogen (secondary N) is 1. The molecular formula is C13H13BrN2O2. The highest BCUT2D eigenvalue weighted by molar-refractivity contribution is 9.10. The van der Waals surface area contributed by atoms with Gasteiger partial charge in [-0.3, -0.25) is 10.2 Å². The molecule has 2 rings (SSSR count). The maximum Gasteiger partial charge on any atom is 0.237 e. The van der Waals surface area contributed by atoms with Gasteiger partial charge in [0.1, 0.15) is 5.75 Å². The molecule has 0 heterocycles. The number of hydrazine groups is 1. The summed E-state index contributed by atoms with van der Waals surface area (Å²) in [7, 11) is 0. The number of rotatable bonds is 4. The number of carbonyl (C=O) groups is 1. The average Bonchev–Trinajstić information content (AvgIpc) is 2.41. The van der Waals surface area contributed by atoms with Gasteiger partial charge >= 0.3 is 0 Å². The lowest BCUT2D eigenvalue weighted by Crippen LogP contribution is -2.31. The van der Waals surface area contributed by atoms with E-state index < -0.39 is 0 Å². The Balaban J connectivity index is 2.14. The van der Waals surface area contributed by atoms with Gasteiger partial charge in [0.2, 0.25) is 5.91 Å². The molecule has 0 unspecified atom stereocenters. The van der Waals surface area contributed by atoms with Crippen molar-refractivity contribution in [1.82, 2.24) is 5.43 Å². The molecule has 4 nitrogen and oxygen atoms in total. The molecule has 0 atom stereocenters. The second-order valence-corrected chi connectivity index (χ2v) is 4.56. The van der Waals surface area contributed by atoms with E-state index in [1.54, 1.807) is 0 Å². The van der Waals surface area contributed by atoms with E-state index in [2.05, 4.69) is 21.4 Å². The number of ether oxygens (including phenoxy) is 1. The first-order valence-electron chi connectivity index (χ1n) is 5.52. The number of amides is 1. The SMILES string of the molecule is NNC(=O)CCOc1ccc2ccccc2c1Br. The predicted molar refractivity (Wildman–Crippen MR) is 74.1 cm³/mol. The van der Waals surface area contributed by atoms with E-state index >= 15 is 0 Å². The second-order valence-electron chi connectivity index (χ2n) is 3.76. The van der Waals surface area contributed by atoms with Crippen molar-refractivity contribution in [3.63, 3.8) is 0 Å². The summed E-state index contributed by atoms with van der Waals surface area (Å²) in [5.41, 5.74) is 2.06. The van der Waals surface area contributed by atoms with E-state index in [-0.39, 0.29) is 12.3 Å². The molecule has 0 saturated heterocycles. The zero-order valence-corrected chi connectivity index (χ0v) is 11.2. The van der Waals surface area contributed by atoms with Crippen LogP contribution in [-0.2, 0) is 4.79 Å².